The number of benzene rings is 3. The minimum Gasteiger partial charge on any atom is -0.493 e. The highest BCUT2D eigenvalue weighted by molar-refractivity contribution is 5.99. The van der Waals surface area contributed by atoms with Crippen molar-refractivity contribution < 1.29 is 48.3 Å². The molecule has 1 aromatic heterocycles. The number of hydrogen-bond donors (Lipinski definition) is 2. The zero-order valence-corrected chi connectivity index (χ0v) is 40.6. The first-order valence-electron chi connectivity index (χ1n) is 23.3. The van der Waals surface area contributed by atoms with Gasteiger partial charge in [-0.15, -0.1) is 20.5 Å². The maximum absolute atomic E-state index is 14.0. The number of aromatic nitrogens is 1. The quantitative estimate of drug-likeness (QED) is 0.0321. The molecular formula is C52H56N8O11. The Kier molecular flexibility index (Phi) is 19.4. The lowest BCUT2D eigenvalue weighted by Gasteiger charge is -2.29. The Bertz CT molecular complexity index is 2940. The van der Waals surface area contributed by atoms with Crippen LogP contribution in [0.5, 0.6) is 5.88 Å². The maximum atomic E-state index is 14.0. The molecule has 0 amide bonds. The standard InChI is InChI=1S/C52H56N8O11/c1-7-11-22-68-49(64)34-18-20-39(51(66)70-24-13-9-3)42(26-34)55-57-44-32(5)36(29-53)31-59(47(44)62)37-16-15-17-38(28-37)60-46(61)41(30-54)33(6)45(48(60)63)58-56-43-27-35(50(65)69-23-12-8-2)19-21-40(43)52(67)71-25-14-10-4/h15-21,26-28,62-63H,7-14,22-25,31H2,1-6H3/b57-55+,58-56+. The highest BCUT2D eigenvalue weighted by Crippen LogP contribution is 2.38. The van der Waals surface area contributed by atoms with Gasteiger partial charge in [0.1, 0.15) is 28.7 Å². The van der Waals surface area contributed by atoms with Crippen LogP contribution in [-0.2, 0) is 18.9 Å². The van der Waals surface area contributed by atoms with Crippen LogP contribution in [0.15, 0.2) is 109 Å². The van der Waals surface area contributed by atoms with Crippen LogP contribution in [0.1, 0.15) is 139 Å². The monoisotopic (exact) mass is 968 g/mol. The molecule has 0 saturated carbocycles. The summed E-state index contributed by atoms with van der Waals surface area (Å²) in [4.78, 5) is 67.6. The van der Waals surface area contributed by atoms with Crippen LogP contribution in [0.3, 0.4) is 0 Å². The number of rotatable bonds is 22. The lowest BCUT2D eigenvalue weighted by Crippen LogP contribution is -2.30. The van der Waals surface area contributed by atoms with Crippen molar-refractivity contribution in [3.05, 3.63) is 127 Å². The van der Waals surface area contributed by atoms with Crippen molar-refractivity contribution in [3.63, 3.8) is 0 Å². The number of nitrogens with zero attached hydrogens (tertiary/aromatic N) is 8. The SMILES string of the molecule is CCCCOC(=O)c1ccc(C(=O)OCCCC)c(/N=N/C2=C(O)N(c3cccc(-n4c(O)c(/N=N/c5cc(C(=O)OCCCC)ccc5C(=O)OCCCC)c(C)c(C#N)c4=O)c3)CC(C#N)=C2C)c1. The summed E-state index contributed by atoms with van der Waals surface area (Å²) in [6.07, 6.45) is 5.62. The molecule has 0 radical (unpaired) electrons. The van der Waals surface area contributed by atoms with E-state index in [9.17, 15) is 44.7 Å². The Balaban J connectivity index is 1.59. The Morgan fingerprint density at radius 2 is 1.11 bits per heavy atom. The van der Waals surface area contributed by atoms with Crippen molar-refractivity contribution >= 4 is 46.6 Å². The van der Waals surface area contributed by atoms with Gasteiger partial charge in [-0.1, -0.05) is 59.4 Å². The van der Waals surface area contributed by atoms with Crippen LogP contribution in [0, 0.1) is 29.6 Å². The molecule has 4 aromatic rings. The molecule has 71 heavy (non-hydrogen) atoms. The second kappa shape index (κ2) is 25.8. The van der Waals surface area contributed by atoms with Gasteiger partial charge in [0.15, 0.2) is 5.69 Å². The fourth-order valence-electron chi connectivity index (χ4n) is 6.89. The van der Waals surface area contributed by atoms with Gasteiger partial charge in [-0.25, -0.2) is 23.7 Å². The number of aliphatic hydroxyl groups excluding tert-OH is 1. The third kappa shape index (κ3) is 13.0. The van der Waals surface area contributed by atoms with Crippen LogP contribution >= 0.6 is 0 Å². The summed E-state index contributed by atoms with van der Waals surface area (Å²) < 4.78 is 22.4. The Labute approximate surface area is 411 Å². The number of anilines is 1. The van der Waals surface area contributed by atoms with Gasteiger partial charge in [0.05, 0.1) is 72.6 Å². The molecule has 1 aliphatic heterocycles. The van der Waals surface area contributed by atoms with Crippen molar-refractivity contribution in [1.82, 2.24) is 4.57 Å². The van der Waals surface area contributed by atoms with Gasteiger partial charge >= 0.3 is 23.9 Å². The molecule has 370 valence electrons. The third-order valence-corrected chi connectivity index (χ3v) is 11.2. The summed E-state index contributed by atoms with van der Waals surface area (Å²) in [5, 5.41) is 61.2. The first-order valence-corrected chi connectivity index (χ1v) is 23.3. The van der Waals surface area contributed by atoms with E-state index in [2.05, 4.69) is 26.5 Å². The summed E-state index contributed by atoms with van der Waals surface area (Å²) in [6.45, 7) is 11.1. The topological polar surface area (TPSA) is 268 Å². The van der Waals surface area contributed by atoms with E-state index >= 15 is 0 Å². The third-order valence-electron chi connectivity index (χ3n) is 11.2. The van der Waals surface area contributed by atoms with Crippen LogP contribution in [0.4, 0.5) is 22.7 Å². The molecule has 0 atom stereocenters. The van der Waals surface area contributed by atoms with Crippen LogP contribution < -0.4 is 10.5 Å². The molecular weight excluding hydrogens is 913 g/mol. The van der Waals surface area contributed by atoms with Crippen LogP contribution in [0.25, 0.3) is 5.69 Å². The largest absolute Gasteiger partial charge is 0.493 e. The molecule has 0 saturated heterocycles. The molecule has 0 bridgehead atoms. The van der Waals surface area contributed by atoms with Gasteiger partial charge in [-0.3, -0.25) is 4.79 Å². The molecule has 3 aromatic carbocycles. The number of aliphatic hydroxyl groups is 1. The summed E-state index contributed by atoms with van der Waals surface area (Å²) in [6, 6.07) is 18.0. The first kappa shape index (κ1) is 53.5. The Morgan fingerprint density at radius 3 is 1.59 bits per heavy atom. The molecule has 5 rings (SSSR count). The number of nitriles is 2. The summed E-state index contributed by atoms with van der Waals surface area (Å²) in [5.41, 5.74) is -1.40. The highest BCUT2D eigenvalue weighted by atomic mass is 16.5. The van der Waals surface area contributed by atoms with Gasteiger partial charge in [-0.05, 0) is 99.7 Å². The minimum absolute atomic E-state index is 0.00964. The van der Waals surface area contributed by atoms with Gasteiger partial charge < -0.3 is 34.1 Å². The second-order valence-corrected chi connectivity index (χ2v) is 16.2. The molecule has 0 spiro atoms. The van der Waals surface area contributed by atoms with Crippen molar-refractivity contribution in [2.45, 2.75) is 92.9 Å². The number of carbonyl (C=O) groups excluding carboxylic acids is 4. The fraction of sp³-hybridized carbons (Fsp3) is 0.365. The smallest absolute Gasteiger partial charge is 0.340 e. The van der Waals surface area contributed by atoms with Crippen LogP contribution in [0.2, 0.25) is 0 Å². The minimum atomic E-state index is -0.933. The zero-order valence-electron chi connectivity index (χ0n) is 40.6. The van der Waals surface area contributed by atoms with Crippen molar-refractivity contribution in [2.24, 2.45) is 20.5 Å². The predicted molar refractivity (Wildman–Crippen MR) is 261 cm³/mol. The van der Waals surface area contributed by atoms with Gasteiger partial charge in [0.2, 0.25) is 11.8 Å². The molecule has 2 heterocycles. The van der Waals surface area contributed by atoms with Gasteiger partial charge in [-0.2, -0.15) is 10.5 Å². The molecule has 0 unspecified atom stereocenters. The number of hydrogen-bond acceptors (Lipinski definition) is 18. The highest BCUT2D eigenvalue weighted by Gasteiger charge is 2.29. The van der Waals surface area contributed by atoms with E-state index in [0.717, 1.165) is 30.3 Å². The maximum Gasteiger partial charge on any atom is 0.340 e. The van der Waals surface area contributed by atoms with E-state index in [0.29, 0.717) is 25.7 Å². The zero-order chi connectivity index (χ0) is 51.6. The number of allylic oxidation sites excluding steroid dienone is 1. The van der Waals surface area contributed by atoms with Gasteiger partial charge in [0.25, 0.3) is 5.56 Å². The molecule has 0 aliphatic carbocycles. The van der Waals surface area contributed by atoms with E-state index in [4.69, 9.17) is 18.9 Å². The number of unbranched alkanes of at least 4 members (excludes halogenated alkanes) is 4. The lowest BCUT2D eigenvalue weighted by molar-refractivity contribution is 0.0486. The summed E-state index contributed by atoms with van der Waals surface area (Å²) in [7, 11) is 0. The first-order chi connectivity index (χ1) is 34.2. The molecule has 19 nitrogen and oxygen atoms in total. The van der Waals surface area contributed by atoms with Crippen molar-refractivity contribution in [3.8, 4) is 23.7 Å². The summed E-state index contributed by atoms with van der Waals surface area (Å²) in [5.74, 6) is -4.02. The van der Waals surface area contributed by atoms with Crippen LogP contribution in [-0.4, -0.2) is 71.6 Å². The van der Waals surface area contributed by atoms with Crippen molar-refractivity contribution in [1.29, 1.82) is 10.5 Å². The average molecular weight is 969 g/mol. The number of esters is 4. The van der Waals surface area contributed by atoms with E-state index in [1.165, 1.54) is 66.4 Å². The molecule has 19 heteroatoms. The van der Waals surface area contributed by atoms with Crippen molar-refractivity contribution in [2.75, 3.05) is 37.9 Å². The van der Waals surface area contributed by atoms with E-state index in [1.54, 1.807) is 13.0 Å². The number of azo groups is 2. The fourth-order valence-corrected chi connectivity index (χ4v) is 6.89. The number of aromatic hydroxyl groups is 1. The molecule has 1 aliphatic rings. The molecule has 0 fully saturated rings. The number of ether oxygens (including phenoxy) is 4. The average Bonchev–Trinajstić information content (AvgIpc) is 3.36. The Morgan fingerprint density at radius 1 is 0.634 bits per heavy atom. The van der Waals surface area contributed by atoms with Gasteiger partial charge in [0, 0.05) is 11.3 Å². The second-order valence-electron chi connectivity index (χ2n) is 16.2. The lowest BCUT2D eigenvalue weighted by atomic mass is 10.0. The Hall–Kier alpha value is -8.45. The molecule has 2 N–H and O–H groups in total. The number of pyridine rings is 1. The van der Waals surface area contributed by atoms with E-state index in [-0.39, 0.29) is 106 Å². The predicted octanol–water partition coefficient (Wildman–Crippen LogP) is 11.1. The normalized spacial score (nSPS) is 12.5. The number of carbonyl (C=O) groups is 4. The summed E-state index contributed by atoms with van der Waals surface area (Å²) >= 11 is 0. The van der Waals surface area contributed by atoms with E-state index < -0.39 is 46.8 Å². The van der Waals surface area contributed by atoms with E-state index in [1.807, 2.05) is 33.8 Å².